The number of ether oxygens (including phenoxy) is 1. The van der Waals surface area contributed by atoms with Gasteiger partial charge < -0.3 is 9.30 Å². The summed E-state index contributed by atoms with van der Waals surface area (Å²) in [7, 11) is -2.07. The monoisotopic (exact) mass is 315 g/mol. The van der Waals surface area contributed by atoms with E-state index in [9.17, 15) is 13.2 Å². The Bertz CT molecular complexity index is 630. The van der Waals surface area contributed by atoms with Crippen LogP contribution in [0.4, 0.5) is 0 Å². The van der Waals surface area contributed by atoms with E-state index >= 15 is 0 Å². The van der Waals surface area contributed by atoms with E-state index < -0.39 is 27.6 Å². The van der Waals surface area contributed by atoms with Crippen molar-refractivity contribution < 1.29 is 17.9 Å². The van der Waals surface area contributed by atoms with Crippen LogP contribution < -0.4 is 0 Å². The van der Waals surface area contributed by atoms with Crippen LogP contribution in [0.15, 0.2) is 17.6 Å². The number of esters is 1. The number of aromatic nitrogens is 2. The molecule has 118 valence electrons. The highest BCUT2D eigenvalue weighted by Crippen LogP contribution is 2.27. The van der Waals surface area contributed by atoms with Gasteiger partial charge in [0.1, 0.15) is 11.6 Å². The van der Waals surface area contributed by atoms with Gasteiger partial charge in [0.2, 0.25) is 0 Å². The molecule has 2 heterocycles. The van der Waals surface area contributed by atoms with E-state index in [1.165, 1.54) is 16.8 Å². The Labute approximate surface area is 125 Å². The van der Waals surface area contributed by atoms with Crippen molar-refractivity contribution in [3.05, 3.63) is 12.5 Å². The molecule has 0 N–H and O–H groups in total. The molecule has 0 bridgehead atoms. The third kappa shape index (κ3) is 3.44. The predicted molar refractivity (Wildman–Crippen MR) is 76.0 cm³/mol. The minimum Gasteiger partial charge on any atom is -0.459 e. The summed E-state index contributed by atoms with van der Waals surface area (Å²) in [6.07, 6.45) is 3.96. The maximum Gasteiger partial charge on any atom is 0.324 e. The second-order valence-corrected chi connectivity index (χ2v) is 8.02. The van der Waals surface area contributed by atoms with E-state index in [0.717, 1.165) is 0 Å². The van der Waals surface area contributed by atoms with Crippen LogP contribution in [0.25, 0.3) is 0 Å². The fourth-order valence-electron chi connectivity index (χ4n) is 2.28. The van der Waals surface area contributed by atoms with Gasteiger partial charge in [-0.05, 0) is 33.6 Å². The molecule has 21 heavy (non-hydrogen) atoms. The molecule has 1 aromatic heterocycles. The van der Waals surface area contributed by atoms with E-state index in [4.69, 9.17) is 4.74 Å². The lowest BCUT2D eigenvalue weighted by Gasteiger charge is -2.26. The summed E-state index contributed by atoms with van der Waals surface area (Å²) in [5.74, 6) is -0.500. The van der Waals surface area contributed by atoms with E-state index in [2.05, 4.69) is 4.98 Å². The van der Waals surface area contributed by atoms with Gasteiger partial charge in [0.15, 0.2) is 5.03 Å². The Morgan fingerprint density at radius 3 is 2.62 bits per heavy atom. The average molecular weight is 315 g/mol. The number of aryl methyl sites for hydroxylation is 1. The smallest absolute Gasteiger partial charge is 0.324 e. The van der Waals surface area contributed by atoms with Gasteiger partial charge in [-0.15, -0.1) is 0 Å². The first-order valence-corrected chi connectivity index (χ1v) is 8.28. The lowest BCUT2D eigenvalue weighted by atomic mass is 10.2. The largest absolute Gasteiger partial charge is 0.459 e. The first kappa shape index (κ1) is 16.0. The van der Waals surface area contributed by atoms with Crippen molar-refractivity contribution in [1.29, 1.82) is 0 Å². The van der Waals surface area contributed by atoms with Gasteiger partial charge in [-0.1, -0.05) is 0 Å². The molecule has 0 amide bonds. The number of nitrogens with zero attached hydrogens (tertiary/aromatic N) is 3. The lowest BCUT2D eigenvalue weighted by molar-refractivity contribution is -0.158. The van der Waals surface area contributed by atoms with Crippen molar-refractivity contribution in [2.24, 2.45) is 7.05 Å². The minimum atomic E-state index is -3.77. The fraction of sp³-hybridized carbons (Fsp3) is 0.692. The third-order valence-corrected chi connectivity index (χ3v) is 4.93. The van der Waals surface area contributed by atoms with E-state index in [1.807, 2.05) is 0 Å². The first-order valence-electron chi connectivity index (χ1n) is 6.84. The molecule has 1 saturated heterocycles. The quantitative estimate of drug-likeness (QED) is 0.775. The third-order valence-electron chi connectivity index (χ3n) is 3.14. The lowest BCUT2D eigenvalue weighted by Crippen LogP contribution is -2.43. The van der Waals surface area contributed by atoms with Gasteiger partial charge in [-0.2, -0.15) is 4.31 Å². The summed E-state index contributed by atoms with van der Waals surface area (Å²) in [6.45, 7) is 5.59. The summed E-state index contributed by atoms with van der Waals surface area (Å²) in [5, 5.41) is -0.0412. The zero-order valence-electron chi connectivity index (χ0n) is 12.7. The fourth-order valence-corrected chi connectivity index (χ4v) is 3.89. The van der Waals surface area contributed by atoms with Crippen LogP contribution in [0.3, 0.4) is 0 Å². The van der Waals surface area contributed by atoms with Gasteiger partial charge in [0.05, 0.1) is 6.33 Å². The molecule has 0 spiro atoms. The average Bonchev–Trinajstić information content (AvgIpc) is 2.94. The molecular weight excluding hydrogens is 294 g/mol. The normalized spacial score (nSPS) is 20.7. The Morgan fingerprint density at radius 1 is 1.43 bits per heavy atom. The summed E-state index contributed by atoms with van der Waals surface area (Å²) in [5.41, 5.74) is -0.639. The van der Waals surface area contributed by atoms with Crippen LogP contribution in [0.1, 0.15) is 33.6 Å². The first-order chi connectivity index (χ1) is 9.61. The molecule has 0 radical (unpaired) electrons. The zero-order chi connectivity index (χ0) is 15.8. The highest BCUT2D eigenvalue weighted by molar-refractivity contribution is 7.89. The Balaban J connectivity index is 2.24. The van der Waals surface area contributed by atoms with Crippen molar-refractivity contribution in [3.8, 4) is 0 Å². The number of carbonyl (C=O) groups excluding carboxylic acids is 1. The predicted octanol–water partition coefficient (Wildman–Crippen LogP) is 0.915. The van der Waals surface area contributed by atoms with Crippen LogP contribution in [0.5, 0.6) is 0 Å². The van der Waals surface area contributed by atoms with Crippen molar-refractivity contribution in [3.63, 3.8) is 0 Å². The highest BCUT2D eigenvalue weighted by atomic mass is 32.2. The van der Waals surface area contributed by atoms with E-state index in [1.54, 1.807) is 32.4 Å². The Hall–Kier alpha value is -1.41. The molecule has 0 unspecified atom stereocenters. The number of rotatable bonds is 3. The van der Waals surface area contributed by atoms with Gasteiger partial charge in [-0.25, -0.2) is 13.4 Å². The molecule has 0 aromatic carbocycles. The van der Waals surface area contributed by atoms with Crippen molar-refractivity contribution >= 4 is 16.0 Å². The van der Waals surface area contributed by atoms with Crippen molar-refractivity contribution in [2.45, 2.75) is 50.3 Å². The number of imidazole rings is 1. The van der Waals surface area contributed by atoms with Crippen LogP contribution in [0, 0.1) is 0 Å². The summed E-state index contributed by atoms with van der Waals surface area (Å²) >= 11 is 0. The summed E-state index contributed by atoms with van der Waals surface area (Å²) in [6, 6.07) is -0.767. The molecule has 1 aromatic rings. The molecule has 1 atom stereocenters. The SMILES string of the molecule is Cn1cnc(S(=O)(=O)N2CCC[C@@H]2C(=O)OC(C)(C)C)c1. The summed E-state index contributed by atoms with van der Waals surface area (Å²) < 4.78 is 33.2. The second kappa shape index (κ2) is 5.42. The van der Waals surface area contributed by atoms with Crippen LogP contribution in [0.2, 0.25) is 0 Å². The van der Waals surface area contributed by atoms with Crippen LogP contribution >= 0.6 is 0 Å². The van der Waals surface area contributed by atoms with Gasteiger partial charge in [-0.3, -0.25) is 4.79 Å². The van der Waals surface area contributed by atoms with Crippen molar-refractivity contribution in [2.75, 3.05) is 6.54 Å². The number of sulfonamides is 1. The maximum absolute atomic E-state index is 12.6. The molecule has 1 fully saturated rings. The second-order valence-electron chi connectivity index (χ2n) is 6.18. The van der Waals surface area contributed by atoms with Gasteiger partial charge >= 0.3 is 5.97 Å². The molecule has 8 heteroatoms. The van der Waals surface area contributed by atoms with Crippen molar-refractivity contribution in [1.82, 2.24) is 13.9 Å². The molecule has 0 aliphatic carbocycles. The number of carbonyl (C=O) groups is 1. The zero-order valence-corrected chi connectivity index (χ0v) is 13.6. The molecular formula is C13H21N3O4S. The molecule has 1 aliphatic rings. The Morgan fingerprint density at radius 2 is 2.10 bits per heavy atom. The van der Waals surface area contributed by atoms with Crippen LogP contribution in [-0.2, 0) is 26.6 Å². The van der Waals surface area contributed by atoms with Crippen LogP contribution in [-0.4, -0.2) is 46.4 Å². The van der Waals surface area contributed by atoms with E-state index in [-0.39, 0.29) is 5.03 Å². The number of hydrogen-bond donors (Lipinski definition) is 0. The standard InChI is InChI=1S/C13H21N3O4S/c1-13(2,3)20-12(17)10-6-5-7-16(10)21(18,19)11-8-15(4)9-14-11/h8-10H,5-7H2,1-4H3/t10-/m1/s1. The molecule has 2 rings (SSSR count). The highest BCUT2D eigenvalue weighted by Gasteiger charge is 2.42. The maximum atomic E-state index is 12.6. The minimum absolute atomic E-state index is 0.0412. The van der Waals surface area contributed by atoms with E-state index in [0.29, 0.717) is 19.4 Å². The molecule has 0 saturated carbocycles. The Kier molecular flexibility index (Phi) is 4.12. The molecule has 7 nitrogen and oxygen atoms in total. The van der Waals surface area contributed by atoms with Gasteiger partial charge in [0.25, 0.3) is 10.0 Å². The number of hydrogen-bond acceptors (Lipinski definition) is 5. The molecule has 1 aliphatic heterocycles. The topological polar surface area (TPSA) is 81.5 Å². The summed E-state index contributed by atoms with van der Waals surface area (Å²) in [4.78, 5) is 16.1. The van der Waals surface area contributed by atoms with Gasteiger partial charge in [0, 0.05) is 19.8 Å².